The molecule has 4 aromatic carbocycles. The minimum absolute atomic E-state index is 0.272. The Morgan fingerprint density at radius 1 is 0.673 bits per heavy atom. The van der Waals surface area contributed by atoms with Gasteiger partial charge in [-0.2, -0.15) is 0 Å². The summed E-state index contributed by atoms with van der Waals surface area (Å²) in [7, 11) is 1.39. The third-order valence-electron chi connectivity index (χ3n) is 9.54. The highest BCUT2D eigenvalue weighted by atomic mass is 35.5. The third-order valence-corrected chi connectivity index (χ3v) is 10.0. The number of carbonyl (C=O) groups is 2. The molecular formula is C41H38Cl2N2O4. The molecule has 2 aliphatic rings. The number of aromatic nitrogens is 2. The number of halogens is 2. The van der Waals surface area contributed by atoms with Crippen LogP contribution in [0.3, 0.4) is 0 Å². The second kappa shape index (κ2) is 14.1. The van der Waals surface area contributed by atoms with Gasteiger partial charge in [0.2, 0.25) is 0 Å². The van der Waals surface area contributed by atoms with Crippen molar-refractivity contribution in [2.24, 2.45) is 11.8 Å². The highest BCUT2D eigenvalue weighted by Crippen LogP contribution is 2.33. The Labute approximate surface area is 295 Å². The Hall–Kier alpha value is -4.52. The van der Waals surface area contributed by atoms with E-state index in [2.05, 4.69) is 70.1 Å². The normalized spacial score (nSPS) is 14.1. The van der Waals surface area contributed by atoms with E-state index in [-0.39, 0.29) is 11.5 Å². The second-order valence-electron chi connectivity index (χ2n) is 13.4. The third kappa shape index (κ3) is 7.87. The van der Waals surface area contributed by atoms with Crippen molar-refractivity contribution in [2.45, 2.75) is 51.6 Å². The highest BCUT2D eigenvalue weighted by molar-refractivity contribution is 6.31. The van der Waals surface area contributed by atoms with Crippen LogP contribution < -0.4 is 0 Å². The van der Waals surface area contributed by atoms with Crippen molar-refractivity contribution in [3.63, 3.8) is 0 Å². The van der Waals surface area contributed by atoms with E-state index in [1.807, 2.05) is 12.1 Å². The van der Waals surface area contributed by atoms with Crippen molar-refractivity contribution in [3.8, 4) is 0 Å². The zero-order valence-corrected chi connectivity index (χ0v) is 28.9. The first-order valence-corrected chi connectivity index (χ1v) is 17.5. The fourth-order valence-electron chi connectivity index (χ4n) is 6.54. The summed E-state index contributed by atoms with van der Waals surface area (Å²) in [5, 5.41) is 12.8. The molecule has 8 rings (SSSR count). The van der Waals surface area contributed by atoms with Crippen LogP contribution in [0, 0.1) is 11.8 Å². The van der Waals surface area contributed by atoms with Crippen LogP contribution in [-0.2, 0) is 30.7 Å². The molecule has 0 bridgehead atoms. The molecule has 0 spiro atoms. The van der Waals surface area contributed by atoms with Crippen LogP contribution in [-0.4, -0.2) is 33.3 Å². The van der Waals surface area contributed by atoms with E-state index in [0.29, 0.717) is 28.5 Å². The minimum atomic E-state index is -0.941. The van der Waals surface area contributed by atoms with Crippen molar-refractivity contribution < 1.29 is 19.4 Å². The molecule has 0 atom stereocenters. The summed E-state index contributed by atoms with van der Waals surface area (Å²) in [5.74, 6) is 0.401. The van der Waals surface area contributed by atoms with Gasteiger partial charge in [-0.25, -0.2) is 9.59 Å². The van der Waals surface area contributed by atoms with E-state index < -0.39 is 5.97 Å². The maximum Gasteiger partial charge on any atom is 0.338 e. The first-order valence-electron chi connectivity index (χ1n) is 16.8. The number of esters is 1. The van der Waals surface area contributed by atoms with Gasteiger partial charge in [-0.1, -0.05) is 47.5 Å². The number of ether oxygens (including phenoxy) is 1. The van der Waals surface area contributed by atoms with Gasteiger partial charge >= 0.3 is 11.9 Å². The number of nitrogens with zero attached hydrogens (tertiary/aromatic N) is 2. The lowest BCUT2D eigenvalue weighted by Gasteiger charge is -2.10. The molecule has 49 heavy (non-hydrogen) atoms. The summed E-state index contributed by atoms with van der Waals surface area (Å²) in [5.41, 5.74) is 7.31. The van der Waals surface area contributed by atoms with Gasteiger partial charge in [-0.3, -0.25) is 0 Å². The average molecular weight is 694 g/mol. The van der Waals surface area contributed by atoms with Gasteiger partial charge < -0.3 is 19.0 Å². The average Bonchev–Trinajstić information content (AvgIpc) is 4.02. The number of carboxylic acid groups (broad SMARTS) is 1. The number of fused-ring (bicyclic) bond motifs is 2. The first-order chi connectivity index (χ1) is 23.7. The maximum atomic E-state index is 12.0. The molecule has 0 unspecified atom stereocenters. The number of benzene rings is 4. The van der Waals surface area contributed by atoms with Crippen molar-refractivity contribution in [1.29, 1.82) is 0 Å². The van der Waals surface area contributed by atoms with Crippen LogP contribution in [0.1, 0.15) is 68.7 Å². The van der Waals surface area contributed by atoms with Crippen molar-refractivity contribution in [2.75, 3.05) is 7.11 Å². The standard InChI is InChI=1S/C21H20ClNO2.C20H18ClNO2/c1-25-21(24)19-12-18(22)6-5-16(19)10-15-4-7-20-17(11-15)8-9-23(20)13-14-2-3-14;21-17-5-4-15(18(11-17)20(23)24)9-14-3-6-19-16(10-14)7-8-22(19)12-13-1-2-13/h4-9,11-12,14H,2-3,10,13H2,1H3;3-8,10-11,13H,1-2,9,12H2,(H,23,24). The van der Waals surface area contributed by atoms with E-state index in [9.17, 15) is 14.7 Å². The molecule has 0 radical (unpaired) electrons. The molecule has 0 aliphatic heterocycles. The highest BCUT2D eigenvalue weighted by Gasteiger charge is 2.23. The molecule has 2 aliphatic carbocycles. The molecule has 250 valence electrons. The summed E-state index contributed by atoms with van der Waals surface area (Å²) in [6, 6.07) is 27.7. The molecule has 6 aromatic rings. The Morgan fingerprint density at radius 3 is 1.59 bits per heavy atom. The molecule has 0 saturated heterocycles. The van der Waals surface area contributed by atoms with E-state index >= 15 is 0 Å². The summed E-state index contributed by atoms with van der Waals surface area (Å²) < 4.78 is 9.55. The lowest BCUT2D eigenvalue weighted by atomic mass is 9.99. The van der Waals surface area contributed by atoms with E-state index in [4.69, 9.17) is 27.9 Å². The lowest BCUT2D eigenvalue weighted by molar-refractivity contribution is 0.0598. The number of rotatable bonds is 10. The molecular weight excluding hydrogens is 655 g/mol. The summed E-state index contributed by atoms with van der Waals surface area (Å²) >= 11 is 12.0. The fraction of sp³-hybridized carbons (Fsp3) is 0.268. The fourth-order valence-corrected chi connectivity index (χ4v) is 6.88. The summed E-state index contributed by atoms with van der Waals surface area (Å²) in [6.07, 6.45) is 11.0. The molecule has 2 heterocycles. The van der Waals surface area contributed by atoms with Gasteiger partial charge in [0, 0.05) is 46.6 Å². The molecule has 0 amide bonds. The zero-order chi connectivity index (χ0) is 34.1. The van der Waals surface area contributed by atoms with Gasteiger partial charge in [0.05, 0.1) is 18.2 Å². The van der Waals surface area contributed by atoms with Crippen LogP contribution in [0.15, 0.2) is 97.3 Å². The maximum absolute atomic E-state index is 12.0. The predicted molar refractivity (Wildman–Crippen MR) is 196 cm³/mol. The van der Waals surface area contributed by atoms with Crippen LogP contribution in [0.25, 0.3) is 21.8 Å². The Kier molecular flexibility index (Phi) is 9.53. The van der Waals surface area contributed by atoms with E-state index in [0.717, 1.165) is 41.6 Å². The van der Waals surface area contributed by atoms with Crippen LogP contribution in [0.2, 0.25) is 10.0 Å². The summed E-state index contributed by atoms with van der Waals surface area (Å²) in [6.45, 7) is 2.22. The number of carbonyl (C=O) groups excluding carboxylic acids is 1. The van der Waals surface area contributed by atoms with Gasteiger partial charge in [0.15, 0.2) is 0 Å². The Morgan fingerprint density at radius 2 is 1.14 bits per heavy atom. The van der Waals surface area contributed by atoms with Crippen molar-refractivity contribution >= 4 is 56.9 Å². The van der Waals surface area contributed by atoms with Gasteiger partial charge in [0.1, 0.15) is 0 Å². The van der Waals surface area contributed by atoms with Crippen LogP contribution in [0.4, 0.5) is 0 Å². The van der Waals surface area contributed by atoms with Gasteiger partial charge in [-0.15, -0.1) is 0 Å². The predicted octanol–water partition coefficient (Wildman–Crippen LogP) is 10.1. The van der Waals surface area contributed by atoms with E-state index in [1.54, 1.807) is 18.2 Å². The smallest absolute Gasteiger partial charge is 0.338 e. The largest absolute Gasteiger partial charge is 0.478 e. The van der Waals surface area contributed by atoms with Crippen molar-refractivity contribution in [3.05, 3.63) is 141 Å². The quantitative estimate of drug-likeness (QED) is 0.145. The monoisotopic (exact) mass is 692 g/mol. The molecule has 8 heteroatoms. The number of hydrogen-bond donors (Lipinski definition) is 1. The number of hydrogen-bond acceptors (Lipinski definition) is 3. The Balaban J connectivity index is 0.000000154. The number of aromatic carboxylic acids is 1. The van der Waals surface area contributed by atoms with Crippen LogP contribution in [0.5, 0.6) is 0 Å². The molecule has 2 fully saturated rings. The minimum Gasteiger partial charge on any atom is -0.478 e. The SMILES string of the molecule is COC(=O)c1cc(Cl)ccc1Cc1ccc2c(ccn2CC2CC2)c1.O=C(O)c1cc(Cl)ccc1Cc1ccc2c(ccn2CC2CC2)c1. The van der Waals surface area contributed by atoms with Gasteiger partial charge in [0.25, 0.3) is 0 Å². The van der Waals surface area contributed by atoms with Gasteiger partial charge in [-0.05, 0) is 144 Å². The number of carboxylic acids is 1. The van der Waals surface area contributed by atoms with Crippen LogP contribution >= 0.6 is 23.2 Å². The molecule has 2 aromatic heterocycles. The molecule has 2 saturated carbocycles. The van der Waals surface area contributed by atoms with E-state index in [1.165, 1.54) is 66.2 Å². The number of methoxy groups -OCH3 is 1. The summed E-state index contributed by atoms with van der Waals surface area (Å²) in [4.78, 5) is 23.4. The first kappa shape index (κ1) is 33.0. The second-order valence-corrected chi connectivity index (χ2v) is 14.2. The molecule has 6 nitrogen and oxygen atoms in total. The lowest BCUT2D eigenvalue weighted by Crippen LogP contribution is -2.06. The topological polar surface area (TPSA) is 73.5 Å². The van der Waals surface area contributed by atoms with Crippen molar-refractivity contribution in [1.82, 2.24) is 9.13 Å². The zero-order valence-electron chi connectivity index (χ0n) is 27.4. The molecule has 1 N–H and O–H groups in total. The Bertz CT molecular complexity index is 2170.